The highest BCUT2D eigenvalue weighted by molar-refractivity contribution is 7.09. The van der Waals surface area contributed by atoms with Crippen LogP contribution in [0.3, 0.4) is 0 Å². The topological polar surface area (TPSA) is 56.0 Å². The van der Waals surface area contributed by atoms with E-state index in [0.29, 0.717) is 6.42 Å². The Bertz CT molecular complexity index is 401. The summed E-state index contributed by atoms with van der Waals surface area (Å²) in [6.45, 7) is 3.96. The number of carbonyl (C=O) groups excluding carboxylic acids is 1. The van der Waals surface area contributed by atoms with Crippen molar-refractivity contribution < 1.29 is 4.79 Å². The van der Waals surface area contributed by atoms with Crippen molar-refractivity contribution in [2.75, 3.05) is 0 Å². The first-order valence-electron chi connectivity index (χ1n) is 5.72. The Morgan fingerprint density at radius 1 is 1.75 bits per heavy atom. The van der Waals surface area contributed by atoms with Crippen molar-refractivity contribution >= 4 is 17.1 Å². The molecular formula is C12H18N2OS. The van der Waals surface area contributed by atoms with Crippen LogP contribution in [0.15, 0.2) is 5.38 Å². The molecule has 0 radical (unpaired) electrons. The third-order valence-electron chi connectivity index (χ3n) is 3.64. The molecule has 0 spiro atoms. The lowest BCUT2D eigenvalue weighted by molar-refractivity contribution is -0.127. The van der Waals surface area contributed by atoms with Gasteiger partial charge in [0.05, 0.1) is 6.42 Å². The first-order valence-corrected chi connectivity index (χ1v) is 6.60. The number of hydrogen-bond donors (Lipinski definition) is 1. The number of thiazole rings is 1. The number of nitrogens with zero attached hydrogens (tertiary/aromatic N) is 1. The fourth-order valence-electron chi connectivity index (χ4n) is 2.36. The molecule has 16 heavy (non-hydrogen) atoms. The Kier molecular flexibility index (Phi) is 3.13. The normalized spacial score (nSPS) is 29.6. The molecular weight excluding hydrogens is 220 g/mol. The van der Waals surface area contributed by atoms with Crippen molar-refractivity contribution in [3.05, 3.63) is 16.1 Å². The maximum atomic E-state index is 12.2. The zero-order chi connectivity index (χ0) is 11.8. The average molecular weight is 238 g/mol. The molecule has 4 heteroatoms. The zero-order valence-electron chi connectivity index (χ0n) is 9.82. The molecule has 1 aliphatic carbocycles. The van der Waals surface area contributed by atoms with Crippen LogP contribution in [0, 0.1) is 12.3 Å². The van der Waals surface area contributed by atoms with E-state index in [1.807, 2.05) is 19.2 Å². The highest BCUT2D eigenvalue weighted by atomic mass is 32.1. The number of ketones is 1. The third kappa shape index (κ3) is 2.04. The number of carbonyl (C=O) groups is 1. The van der Waals surface area contributed by atoms with Crippen molar-refractivity contribution in [1.82, 2.24) is 4.98 Å². The largest absolute Gasteiger partial charge is 0.327 e. The molecule has 88 valence electrons. The molecule has 1 aromatic heterocycles. The van der Waals surface area contributed by atoms with Crippen LogP contribution in [-0.4, -0.2) is 16.8 Å². The van der Waals surface area contributed by atoms with Gasteiger partial charge in [-0.2, -0.15) is 0 Å². The summed E-state index contributed by atoms with van der Waals surface area (Å²) in [4.78, 5) is 16.6. The summed E-state index contributed by atoms with van der Waals surface area (Å²) in [5.74, 6) is 0.256. The van der Waals surface area contributed by atoms with Crippen LogP contribution < -0.4 is 5.73 Å². The molecule has 0 aliphatic heterocycles. The monoisotopic (exact) mass is 238 g/mol. The molecule has 2 N–H and O–H groups in total. The van der Waals surface area contributed by atoms with Gasteiger partial charge in [-0.15, -0.1) is 11.3 Å². The molecule has 1 heterocycles. The molecule has 0 saturated heterocycles. The van der Waals surface area contributed by atoms with E-state index in [-0.39, 0.29) is 17.2 Å². The van der Waals surface area contributed by atoms with Crippen LogP contribution in [0.5, 0.6) is 0 Å². The van der Waals surface area contributed by atoms with Crippen LogP contribution in [-0.2, 0) is 11.2 Å². The minimum absolute atomic E-state index is 0.0288. The Hall–Kier alpha value is -0.740. The third-order valence-corrected chi connectivity index (χ3v) is 4.61. The molecule has 3 nitrogen and oxygen atoms in total. The molecule has 0 bridgehead atoms. The maximum absolute atomic E-state index is 12.2. The number of aryl methyl sites for hydroxylation is 1. The van der Waals surface area contributed by atoms with E-state index < -0.39 is 0 Å². The van der Waals surface area contributed by atoms with E-state index in [4.69, 9.17) is 5.73 Å². The van der Waals surface area contributed by atoms with Crippen molar-refractivity contribution in [2.45, 2.75) is 45.6 Å². The summed E-state index contributed by atoms with van der Waals surface area (Å²) in [5.41, 5.74) is 6.71. The molecule has 2 unspecified atom stereocenters. The fourth-order valence-corrected chi connectivity index (χ4v) is 3.13. The first-order chi connectivity index (χ1) is 7.52. The van der Waals surface area contributed by atoms with Gasteiger partial charge in [0.2, 0.25) is 0 Å². The second-order valence-corrected chi connectivity index (χ2v) is 5.84. The lowest BCUT2D eigenvalue weighted by Crippen LogP contribution is -2.41. The molecule has 0 amide bonds. The van der Waals surface area contributed by atoms with Gasteiger partial charge in [-0.25, -0.2) is 4.98 Å². The summed E-state index contributed by atoms with van der Waals surface area (Å²) in [5, 5.41) is 2.90. The lowest BCUT2D eigenvalue weighted by Gasteiger charge is -2.26. The van der Waals surface area contributed by atoms with E-state index in [1.165, 1.54) is 0 Å². The molecule has 1 aromatic rings. The van der Waals surface area contributed by atoms with Crippen molar-refractivity contribution in [2.24, 2.45) is 11.1 Å². The standard InChI is InChI=1S/C12H18N2OS/c1-8-7-16-11(14-8)6-10(15)12(2)5-3-4-9(12)13/h7,9H,3-6,13H2,1-2H3. The molecule has 2 rings (SSSR count). The lowest BCUT2D eigenvalue weighted by atomic mass is 9.79. The minimum atomic E-state index is -0.320. The first kappa shape index (κ1) is 11.7. The smallest absolute Gasteiger partial charge is 0.147 e. The second-order valence-electron chi connectivity index (χ2n) is 4.90. The fraction of sp³-hybridized carbons (Fsp3) is 0.667. The number of nitrogens with two attached hydrogens (primary N) is 1. The van der Waals surface area contributed by atoms with Gasteiger partial charge in [0.1, 0.15) is 10.8 Å². The van der Waals surface area contributed by atoms with Gasteiger partial charge in [0.25, 0.3) is 0 Å². The summed E-state index contributed by atoms with van der Waals surface area (Å²) in [6.07, 6.45) is 3.42. The van der Waals surface area contributed by atoms with E-state index in [9.17, 15) is 4.79 Å². The second kappa shape index (κ2) is 4.26. The van der Waals surface area contributed by atoms with Gasteiger partial charge in [-0.3, -0.25) is 4.79 Å². The van der Waals surface area contributed by atoms with E-state index in [0.717, 1.165) is 30.0 Å². The summed E-state index contributed by atoms with van der Waals surface area (Å²) < 4.78 is 0. The van der Waals surface area contributed by atoms with Crippen molar-refractivity contribution in [3.63, 3.8) is 0 Å². The number of rotatable bonds is 3. The quantitative estimate of drug-likeness (QED) is 0.877. The Morgan fingerprint density at radius 3 is 3.00 bits per heavy atom. The van der Waals surface area contributed by atoms with Crippen LogP contribution in [0.25, 0.3) is 0 Å². The van der Waals surface area contributed by atoms with E-state index in [1.54, 1.807) is 11.3 Å². The Morgan fingerprint density at radius 2 is 2.50 bits per heavy atom. The van der Waals surface area contributed by atoms with Crippen molar-refractivity contribution in [1.29, 1.82) is 0 Å². The van der Waals surface area contributed by atoms with E-state index in [2.05, 4.69) is 4.98 Å². The number of hydrogen-bond acceptors (Lipinski definition) is 4. The SMILES string of the molecule is Cc1csc(CC(=O)C2(C)CCCC2N)n1. The minimum Gasteiger partial charge on any atom is -0.327 e. The maximum Gasteiger partial charge on any atom is 0.147 e. The Labute approximate surface area is 100 Å². The van der Waals surface area contributed by atoms with Crippen LogP contribution in [0.2, 0.25) is 0 Å². The van der Waals surface area contributed by atoms with Gasteiger partial charge < -0.3 is 5.73 Å². The van der Waals surface area contributed by atoms with Crippen LogP contribution in [0.4, 0.5) is 0 Å². The van der Waals surface area contributed by atoms with Gasteiger partial charge in [0.15, 0.2) is 0 Å². The van der Waals surface area contributed by atoms with Crippen LogP contribution >= 0.6 is 11.3 Å². The molecule has 1 saturated carbocycles. The van der Waals surface area contributed by atoms with Gasteiger partial charge >= 0.3 is 0 Å². The number of Topliss-reactive ketones (excluding diaryl/α,β-unsaturated/α-hetero) is 1. The summed E-state index contributed by atoms with van der Waals surface area (Å²) in [7, 11) is 0. The van der Waals surface area contributed by atoms with Gasteiger partial charge in [-0.05, 0) is 19.8 Å². The molecule has 2 atom stereocenters. The molecule has 1 aliphatic rings. The average Bonchev–Trinajstić information content (AvgIpc) is 2.76. The van der Waals surface area contributed by atoms with Gasteiger partial charge in [0, 0.05) is 22.5 Å². The summed E-state index contributed by atoms with van der Waals surface area (Å²) in [6, 6.07) is 0.0288. The summed E-state index contributed by atoms with van der Waals surface area (Å²) >= 11 is 1.56. The highest BCUT2D eigenvalue weighted by Crippen LogP contribution is 2.38. The zero-order valence-corrected chi connectivity index (χ0v) is 10.6. The van der Waals surface area contributed by atoms with E-state index >= 15 is 0 Å². The number of aromatic nitrogens is 1. The van der Waals surface area contributed by atoms with Crippen LogP contribution in [0.1, 0.15) is 36.9 Å². The highest BCUT2D eigenvalue weighted by Gasteiger charge is 2.42. The van der Waals surface area contributed by atoms with Gasteiger partial charge in [-0.1, -0.05) is 13.3 Å². The predicted octanol–water partition coefficient (Wildman–Crippen LogP) is 2.08. The molecule has 1 fully saturated rings. The predicted molar refractivity (Wildman–Crippen MR) is 65.5 cm³/mol. The molecule has 0 aromatic carbocycles. The Balaban J connectivity index is 2.08. The van der Waals surface area contributed by atoms with Crippen molar-refractivity contribution in [3.8, 4) is 0 Å².